The predicted molar refractivity (Wildman–Crippen MR) is 111 cm³/mol. The van der Waals surface area contributed by atoms with Crippen LogP contribution in [0.25, 0.3) is 0 Å². The summed E-state index contributed by atoms with van der Waals surface area (Å²) >= 11 is 1.38. The molecule has 4 rings (SSSR count). The van der Waals surface area contributed by atoms with E-state index in [4.69, 9.17) is 0 Å². The van der Waals surface area contributed by atoms with E-state index in [1.165, 1.54) is 22.5 Å². The van der Waals surface area contributed by atoms with Crippen LogP contribution in [0.5, 0.6) is 0 Å². The van der Waals surface area contributed by atoms with Crippen LogP contribution in [0.1, 0.15) is 26.4 Å². The number of nitrogens with one attached hydrogen (secondary N) is 1. The van der Waals surface area contributed by atoms with E-state index in [1.54, 1.807) is 6.07 Å². The summed E-state index contributed by atoms with van der Waals surface area (Å²) in [7, 11) is 0. The van der Waals surface area contributed by atoms with Gasteiger partial charge in [0, 0.05) is 19.5 Å². The minimum atomic E-state index is -0.581. The largest absolute Gasteiger partial charge is 0.339 e. The summed E-state index contributed by atoms with van der Waals surface area (Å²) in [6.07, 6.45) is 1.33. The highest BCUT2D eigenvalue weighted by atomic mass is 32.1. The van der Waals surface area contributed by atoms with Crippen LogP contribution in [0.4, 0.5) is 0 Å². The van der Waals surface area contributed by atoms with Gasteiger partial charge in [0.1, 0.15) is 6.04 Å². The molecule has 28 heavy (non-hydrogen) atoms. The Morgan fingerprint density at radius 1 is 0.964 bits per heavy atom. The third-order valence-corrected chi connectivity index (χ3v) is 5.94. The Labute approximate surface area is 168 Å². The maximum absolute atomic E-state index is 13.3. The van der Waals surface area contributed by atoms with Gasteiger partial charge in [0.25, 0.3) is 5.91 Å². The Morgan fingerprint density at radius 2 is 1.71 bits per heavy atom. The van der Waals surface area contributed by atoms with Crippen LogP contribution in [0, 0.1) is 0 Å². The van der Waals surface area contributed by atoms with Crippen molar-refractivity contribution >= 4 is 23.2 Å². The Kier molecular flexibility index (Phi) is 5.53. The number of carbonyl (C=O) groups is 2. The monoisotopic (exact) mass is 390 g/mol. The van der Waals surface area contributed by atoms with Gasteiger partial charge in [0.2, 0.25) is 5.91 Å². The molecule has 1 aliphatic heterocycles. The van der Waals surface area contributed by atoms with Crippen molar-refractivity contribution < 1.29 is 9.59 Å². The average molecular weight is 391 g/mol. The third-order valence-electron chi connectivity index (χ3n) is 5.07. The van der Waals surface area contributed by atoms with Crippen LogP contribution in [-0.2, 0) is 24.2 Å². The fraction of sp³-hybridized carbons (Fsp3) is 0.217. The second-order valence-electron chi connectivity index (χ2n) is 6.97. The van der Waals surface area contributed by atoms with Crippen LogP contribution in [-0.4, -0.2) is 29.3 Å². The first kappa shape index (κ1) is 18.4. The number of amides is 2. The molecule has 1 aromatic heterocycles. The first-order valence-electron chi connectivity index (χ1n) is 9.44. The Morgan fingerprint density at radius 3 is 2.46 bits per heavy atom. The number of benzene rings is 2. The van der Waals surface area contributed by atoms with Crippen molar-refractivity contribution in [3.63, 3.8) is 0 Å². The standard InChI is InChI=1S/C23H22N2O2S/c26-22(21-11-6-14-28-21)24-20(15-17-7-2-1-3-8-17)23(27)25-13-12-18-9-4-5-10-19(18)16-25/h1-11,14,20H,12-13,15-16H2,(H,24,26)/t20-/m0/s1. The molecular weight excluding hydrogens is 368 g/mol. The Balaban J connectivity index is 1.54. The van der Waals surface area contributed by atoms with Crippen molar-refractivity contribution in [3.05, 3.63) is 93.7 Å². The van der Waals surface area contributed by atoms with Gasteiger partial charge < -0.3 is 10.2 Å². The highest BCUT2D eigenvalue weighted by Gasteiger charge is 2.29. The molecule has 0 saturated carbocycles. The van der Waals surface area contributed by atoms with Gasteiger partial charge in [-0.05, 0) is 34.6 Å². The smallest absolute Gasteiger partial charge is 0.262 e. The van der Waals surface area contributed by atoms with E-state index in [0.717, 1.165) is 12.0 Å². The van der Waals surface area contributed by atoms with E-state index in [0.29, 0.717) is 24.4 Å². The van der Waals surface area contributed by atoms with E-state index in [2.05, 4.69) is 17.4 Å². The highest BCUT2D eigenvalue weighted by molar-refractivity contribution is 7.12. The van der Waals surface area contributed by atoms with Crippen LogP contribution >= 0.6 is 11.3 Å². The second-order valence-corrected chi connectivity index (χ2v) is 7.92. The molecule has 4 nitrogen and oxygen atoms in total. The maximum atomic E-state index is 13.3. The van der Waals surface area contributed by atoms with E-state index in [1.807, 2.05) is 58.8 Å². The molecule has 142 valence electrons. The zero-order valence-corrected chi connectivity index (χ0v) is 16.3. The van der Waals surface area contributed by atoms with Crippen molar-refractivity contribution in [1.29, 1.82) is 0 Å². The molecule has 5 heteroatoms. The molecular formula is C23H22N2O2S. The van der Waals surface area contributed by atoms with Crippen LogP contribution in [0.2, 0.25) is 0 Å². The van der Waals surface area contributed by atoms with Gasteiger partial charge in [-0.25, -0.2) is 0 Å². The summed E-state index contributed by atoms with van der Waals surface area (Å²) < 4.78 is 0. The first-order chi connectivity index (χ1) is 13.7. The zero-order chi connectivity index (χ0) is 19.3. The molecule has 2 aromatic carbocycles. The molecule has 0 bridgehead atoms. The second kappa shape index (κ2) is 8.40. The van der Waals surface area contributed by atoms with Crippen molar-refractivity contribution in [3.8, 4) is 0 Å². The molecule has 0 fully saturated rings. The molecule has 0 spiro atoms. The molecule has 0 aliphatic carbocycles. The molecule has 2 heterocycles. The third kappa shape index (κ3) is 4.15. The summed E-state index contributed by atoms with van der Waals surface area (Å²) in [6, 6.07) is 21.1. The first-order valence-corrected chi connectivity index (χ1v) is 10.3. The summed E-state index contributed by atoms with van der Waals surface area (Å²) in [4.78, 5) is 28.4. The lowest BCUT2D eigenvalue weighted by atomic mass is 9.98. The molecule has 1 atom stereocenters. The lowest BCUT2D eigenvalue weighted by molar-refractivity contribution is -0.134. The minimum Gasteiger partial charge on any atom is -0.339 e. The highest BCUT2D eigenvalue weighted by Crippen LogP contribution is 2.20. The van der Waals surface area contributed by atoms with E-state index >= 15 is 0 Å². The number of thiophene rings is 1. The van der Waals surface area contributed by atoms with Gasteiger partial charge in [-0.1, -0.05) is 60.7 Å². The summed E-state index contributed by atoms with van der Waals surface area (Å²) in [5.74, 6) is -0.218. The number of carbonyl (C=O) groups excluding carboxylic acids is 2. The van der Waals surface area contributed by atoms with Crippen molar-refractivity contribution in [1.82, 2.24) is 10.2 Å². The van der Waals surface area contributed by atoms with E-state index in [9.17, 15) is 9.59 Å². The van der Waals surface area contributed by atoms with Gasteiger partial charge in [0.15, 0.2) is 0 Å². The van der Waals surface area contributed by atoms with Gasteiger partial charge in [-0.2, -0.15) is 0 Å². The molecule has 0 radical (unpaired) electrons. The number of hydrogen-bond donors (Lipinski definition) is 1. The lowest BCUT2D eigenvalue weighted by Gasteiger charge is -2.32. The van der Waals surface area contributed by atoms with Crippen LogP contribution in [0.3, 0.4) is 0 Å². The van der Waals surface area contributed by atoms with Crippen molar-refractivity contribution in [2.75, 3.05) is 6.54 Å². The fourth-order valence-electron chi connectivity index (χ4n) is 3.59. The molecule has 0 saturated heterocycles. The maximum Gasteiger partial charge on any atom is 0.262 e. The van der Waals surface area contributed by atoms with Gasteiger partial charge in [0.05, 0.1) is 4.88 Å². The van der Waals surface area contributed by atoms with Gasteiger partial charge in [-0.15, -0.1) is 11.3 Å². The van der Waals surface area contributed by atoms with Crippen molar-refractivity contribution in [2.24, 2.45) is 0 Å². The van der Waals surface area contributed by atoms with E-state index in [-0.39, 0.29) is 11.8 Å². The number of nitrogens with zero attached hydrogens (tertiary/aromatic N) is 1. The quantitative estimate of drug-likeness (QED) is 0.723. The van der Waals surface area contributed by atoms with Crippen molar-refractivity contribution in [2.45, 2.75) is 25.4 Å². The summed E-state index contributed by atoms with van der Waals surface area (Å²) in [5.41, 5.74) is 3.52. The Bertz CT molecular complexity index is 954. The molecule has 2 amide bonds. The lowest BCUT2D eigenvalue weighted by Crippen LogP contribution is -2.50. The van der Waals surface area contributed by atoms with Gasteiger partial charge in [-0.3, -0.25) is 9.59 Å². The summed E-state index contributed by atoms with van der Waals surface area (Å²) in [5, 5.41) is 4.83. The van der Waals surface area contributed by atoms with Crippen LogP contribution < -0.4 is 5.32 Å². The normalized spacial score (nSPS) is 14.2. The molecule has 3 aromatic rings. The van der Waals surface area contributed by atoms with E-state index < -0.39 is 6.04 Å². The SMILES string of the molecule is O=C(N[C@@H](Cc1ccccc1)C(=O)N1CCc2ccccc2C1)c1cccs1. The number of rotatable bonds is 5. The predicted octanol–water partition coefficient (Wildman–Crippen LogP) is 3.67. The average Bonchev–Trinajstić information content (AvgIpc) is 3.28. The molecule has 1 aliphatic rings. The number of fused-ring (bicyclic) bond motifs is 1. The Hall–Kier alpha value is -2.92. The zero-order valence-electron chi connectivity index (χ0n) is 15.5. The minimum absolute atomic E-state index is 0.0248. The van der Waals surface area contributed by atoms with Gasteiger partial charge >= 0.3 is 0 Å². The molecule has 1 N–H and O–H groups in total. The molecule has 0 unspecified atom stereocenters. The van der Waals surface area contributed by atoms with Crippen LogP contribution in [0.15, 0.2) is 72.1 Å². The summed E-state index contributed by atoms with van der Waals surface area (Å²) in [6.45, 7) is 1.27. The topological polar surface area (TPSA) is 49.4 Å². The number of hydrogen-bond acceptors (Lipinski definition) is 3. The fourth-order valence-corrected chi connectivity index (χ4v) is 4.22.